The van der Waals surface area contributed by atoms with Gasteiger partial charge in [-0.15, -0.1) is 0 Å². The molecule has 1 atom stereocenters. The second kappa shape index (κ2) is 6.15. The molecule has 0 saturated heterocycles. The maximum absolute atomic E-state index is 12.8. The molecule has 6 heteroatoms. The molecule has 3 nitrogen and oxygen atoms in total. The molecule has 1 aromatic rings. The lowest BCUT2D eigenvalue weighted by atomic mass is 10.0. The summed E-state index contributed by atoms with van der Waals surface area (Å²) >= 11 is 0. The highest BCUT2D eigenvalue weighted by atomic mass is 19.4. The lowest BCUT2D eigenvalue weighted by molar-refractivity contribution is -0.138. The van der Waals surface area contributed by atoms with Crippen LogP contribution in [0.15, 0.2) is 18.2 Å². The Morgan fingerprint density at radius 1 is 1.35 bits per heavy atom. The highest BCUT2D eigenvalue weighted by Gasteiger charge is 2.35. The molecule has 1 aromatic carbocycles. The Labute approximate surface area is 116 Å². The molecule has 0 bridgehead atoms. The van der Waals surface area contributed by atoms with E-state index < -0.39 is 23.3 Å². The predicted octanol–water partition coefficient (Wildman–Crippen LogP) is 4.03. The van der Waals surface area contributed by atoms with Gasteiger partial charge in [-0.2, -0.15) is 13.2 Å². The summed E-state index contributed by atoms with van der Waals surface area (Å²) in [6.45, 7) is 6.39. The lowest BCUT2D eigenvalue weighted by Crippen LogP contribution is -2.32. The summed E-state index contributed by atoms with van der Waals surface area (Å²) in [5, 5.41) is 8.99. The number of alkyl halides is 3. The fraction of sp³-hybridized carbons (Fsp3) is 0.500. The third kappa shape index (κ3) is 3.43. The standard InChI is InChI=1S/C14H18F3NO2/c1-4-9(3)18(5-2)10-6-7-12(14(15,16)17)11(8-10)13(19)20/h6-9H,4-5H2,1-3H3,(H,19,20). The highest BCUT2D eigenvalue weighted by molar-refractivity contribution is 5.91. The monoisotopic (exact) mass is 289 g/mol. The molecule has 0 fully saturated rings. The van der Waals surface area contributed by atoms with Gasteiger partial charge in [0, 0.05) is 18.3 Å². The number of nitrogens with zero attached hydrogens (tertiary/aromatic N) is 1. The minimum absolute atomic E-state index is 0.124. The molecule has 1 unspecified atom stereocenters. The minimum Gasteiger partial charge on any atom is -0.478 e. The molecule has 0 aliphatic rings. The summed E-state index contributed by atoms with van der Waals surface area (Å²) in [7, 11) is 0. The van der Waals surface area contributed by atoms with Crippen LogP contribution < -0.4 is 4.90 Å². The van der Waals surface area contributed by atoms with Crippen molar-refractivity contribution in [1.82, 2.24) is 0 Å². The van der Waals surface area contributed by atoms with Crippen molar-refractivity contribution >= 4 is 11.7 Å². The fourth-order valence-electron chi connectivity index (χ4n) is 2.10. The zero-order chi connectivity index (χ0) is 15.5. The van der Waals surface area contributed by atoms with Crippen molar-refractivity contribution in [1.29, 1.82) is 0 Å². The molecule has 0 saturated carbocycles. The Hall–Kier alpha value is -1.72. The second-order valence-corrected chi connectivity index (χ2v) is 4.58. The Bertz CT molecular complexity index is 486. The zero-order valence-electron chi connectivity index (χ0n) is 11.7. The number of halogens is 3. The van der Waals surface area contributed by atoms with E-state index in [1.165, 1.54) is 6.07 Å². The highest BCUT2D eigenvalue weighted by Crippen LogP contribution is 2.34. The fourth-order valence-corrected chi connectivity index (χ4v) is 2.10. The maximum Gasteiger partial charge on any atom is 0.417 e. The molecule has 0 aliphatic carbocycles. The Kier molecular flexibility index (Phi) is 5.03. The number of aromatic carboxylic acids is 1. The summed E-state index contributed by atoms with van der Waals surface area (Å²) in [4.78, 5) is 12.9. The van der Waals surface area contributed by atoms with E-state index in [0.717, 1.165) is 18.6 Å². The van der Waals surface area contributed by atoms with Gasteiger partial charge in [0.25, 0.3) is 0 Å². The number of carboxylic acids is 1. The smallest absolute Gasteiger partial charge is 0.417 e. The van der Waals surface area contributed by atoms with Gasteiger partial charge >= 0.3 is 12.1 Å². The number of carboxylic acid groups (broad SMARTS) is 1. The van der Waals surface area contributed by atoms with Crippen LogP contribution >= 0.6 is 0 Å². The average molecular weight is 289 g/mol. The SMILES string of the molecule is CCC(C)N(CC)c1ccc(C(F)(F)F)c(C(=O)O)c1. The van der Waals surface area contributed by atoms with Crippen LogP contribution in [0.4, 0.5) is 18.9 Å². The summed E-state index contributed by atoms with van der Waals surface area (Å²) in [6.07, 6.45) is -3.85. The Balaban J connectivity index is 3.33. The first-order valence-corrected chi connectivity index (χ1v) is 6.43. The maximum atomic E-state index is 12.8. The van der Waals surface area contributed by atoms with Crippen molar-refractivity contribution in [2.24, 2.45) is 0 Å². The first-order chi connectivity index (χ1) is 9.22. The second-order valence-electron chi connectivity index (χ2n) is 4.58. The number of hydrogen-bond donors (Lipinski definition) is 1. The van der Waals surface area contributed by atoms with Crippen LogP contribution in [0.5, 0.6) is 0 Å². The van der Waals surface area contributed by atoms with Crippen LogP contribution in [0.1, 0.15) is 43.1 Å². The first kappa shape index (κ1) is 16.3. The normalized spacial score (nSPS) is 13.1. The van der Waals surface area contributed by atoms with Gasteiger partial charge in [-0.05, 0) is 38.5 Å². The van der Waals surface area contributed by atoms with Gasteiger partial charge in [-0.3, -0.25) is 0 Å². The van der Waals surface area contributed by atoms with Crippen LogP contribution in [0.2, 0.25) is 0 Å². The van der Waals surface area contributed by atoms with Gasteiger partial charge in [-0.1, -0.05) is 6.92 Å². The van der Waals surface area contributed by atoms with Gasteiger partial charge in [0.15, 0.2) is 0 Å². The average Bonchev–Trinajstić information content (AvgIpc) is 2.37. The van der Waals surface area contributed by atoms with Crippen LogP contribution in [0.3, 0.4) is 0 Å². The van der Waals surface area contributed by atoms with Crippen LogP contribution in [0.25, 0.3) is 0 Å². The number of hydrogen-bond acceptors (Lipinski definition) is 2. The van der Waals surface area contributed by atoms with E-state index in [9.17, 15) is 18.0 Å². The number of anilines is 1. The topological polar surface area (TPSA) is 40.5 Å². The molecular weight excluding hydrogens is 271 g/mol. The van der Waals surface area contributed by atoms with E-state index in [1.807, 2.05) is 25.7 Å². The molecule has 0 aliphatic heterocycles. The molecule has 20 heavy (non-hydrogen) atoms. The van der Waals surface area contributed by atoms with E-state index in [-0.39, 0.29) is 6.04 Å². The van der Waals surface area contributed by atoms with Crippen LogP contribution in [0, 0.1) is 0 Å². The number of carbonyl (C=O) groups is 1. The molecular formula is C14H18F3NO2. The minimum atomic E-state index is -4.67. The van der Waals surface area contributed by atoms with Crippen LogP contribution in [-0.4, -0.2) is 23.7 Å². The molecule has 112 valence electrons. The Morgan fingerprint density at radius 3 is 2.35 bits per heavy atom. The summed E-state index contributed by atoms with van der Waals surface area (Å²) in [5.41, 5.74) is -1.34. The van der Waals surface area contributed by atoms with E-state index in [2.05, 4.69) is 0 Å². The quantitative estimate of drug-likeness (QED) is 0.889. The third-order valence-electron chi connectivity index (χ3n) is 3.33. The van der Waals surface area contributed by atoms with E-state index >= 15 is 0 Å². The molecule has 0 spiro atoms. The first-order valence-electron chi connectivity index (χ1n) is 6.43. The van der Waals surface area contributed by atoms with E-state index in [1.54, 1.807) is 0 Å². The summed E-state index contributed by atoms with van der Waals surface area (Å²) < 4.78 is 38.3. The summed E-state index contributed by atoms with van der Waals surface area (Å²) in [6, 6.07) is 3.38. The van der Waals surface area contributed by atoms with Gasteiger partial charge in [0.05, 0.1) is 11.1 Å². The number of benzene rings is 1. The largest absolute Gasteiger partial charge is 0.478 e. The van der Waals surface area contributed by atoms with Crippen molar-refractivity contribution in [3.8, 4) is 0 Å². The van der Waals surface area contributed by atoms with Gasteiger partial charge in [-0.25, -0.2) is 4.79 Å². The van der Waals surface area contributed by atoms with Gasteiger partial charge in [0.2, 0.25) is 0 Å². The molecule has 1 rings (SSSR count). The van der Waals surface area contributed by atoms with Crippen molar-refractivity contribution in [3.63, 3.8) is 0 Å². The van der Waals surface area contributed by atoms with E-state index in [4.69, 9.17) is 5.11 Å². The van der Waals surface area contributed by atoms with Gasteiger partial charge < -0.3 is 10.0 Å². The van der Waals surface area contributed by atoms with E-state index in [0.29, 0.717) is 12.2 Å². The molecule has 1 N–H and O–H groups in total. The molecule has 0 heterocycles. The van der Waals surface area contributed by atoms with Crippen molar-refractivity contribution in [2.75, 3.05) is 11.4 Å². The van der Waals surface area contributed by atoms with Crippen molar-refractivity contribution < 1.29 is 23.1 Å². The zero-order valence-corrected chi connectivity index (χ0v) is 11.7. The van der Waals surface area contributed by atoms with Crippen LogP contribution in [-0.2, 0) is 6.18 Å². The number of rotatable bonds is 5. The van der Waals surface area contributed by atoms with Crippen molar-refractivity contribution in [3.05, 3.63) is 29.3 Å². The third-order valence-corrected chi connectivity index (χ3v) is 3.33. The molecule has 0 radical (unpaired) electrons. The molecule has 0 amide bonds. The Morgan fingerprint density at radius 2 is 1.95 bits per heavy atom. The summed E-state index contributed by atoms with van der Waals surface area (Å²) in [5.74, 6) is -1.57. The molecule has 0 aromatic heterocycles. The van der Waals surface area contributed by atoms with Gasteiger partial charge in [0.1, 0.15) is 0 Å². The lowest BCUT2D eigenvalue weighted by Gasteiger charge is -2.30. The van der Waals surface area contributed by atoms with Crippen molar-refractivity contribution in [2.45, 2.75) is 39.4 Å². The predicted molar refractivity (Wildman–Crippen MR) is 71.2 cm³/mol.